The Morgan fingerprint density at radius 1 is 0.958 bits per heavy atom. The summed E-state index contributed by atoms with van der Waals surface area (Å²) in [6.45, 7) is 3.28. The molecule has 4 heteroatoms. The smallest absolute Gasteiger partial charge is 0.306 e. The molecule has 0 radical (unpaired) electrons. The number of rotatable bonds is 9. The minimum atomic E-state index is -0.188. The normalized spacial score (nSPS) is 11.8. The Balaban J connectivity index is 2.15. The van der Waals surface area contributed by atoms with E-state index in [1.807, 2.05) is 61.5 Å². The predicted octanol–water partition coefficient (Wildman–Crippen LogP) is 3.80. The van der Waals surface area contributed by atoms with Gasteiger partial charge in [-0.15, -0.1) is 0 Å². The van der Waals surface area contributed by atoms with E-state index in [9.17, 15) is 4.79 Å². The average molecular weight is 328 g/mol. The van der Waals surface area contributed by atoms with E-state index in [-0.39, 0.29) is 11.9 Å². The summed E-state index contributed by atoms with van der Waals surface area (Å²) in [4.78, 5) is 12.0. The number of methoxy groups -OCH3 is 1. The maximum atomic E-state index is 12.0. The van der Waals surface area contributed by atoms with Crippen LogP contribution in [0.2, 0.25) is 0 Å². The molecule has 0 fully saturated rings. The Morgan fingerprint density at radius 3 is 2.25 bits per heavy atom. The predicted molar refractivity (Wildman–Crippen MR) is 93.3 cm³/mol. The van der Waals surface area contributed by atoms with Crippen molar-refractivity contribution in [2.75, 3.05) is 26.9 Å². The molecular weight excluding hydrogens is 304 g/mol. The number of hydrogen-bond acceptors (Lipinski definition) is 4. The van der Waals surface area contributed by atoms with Gasteiger partial charge in [-0.25, -0.2) is 0 Å². The first-order valence-corrected chi connectivity index (χ1v) is 8.16. The minimum absolute atomic E-state index is 0.0294. The van der Waals surface area contributed by atoms with E-state index < -0.39 is 0 Å². The molecule has 1 atom stereocenters. The van der Waals surface area contributed by atoms with Crippen LogP contribution in [0.4, 0.5) is 0 Å². The Kier molecular flexibility index (Phi) is 7.30. The summed E-state index contributed by atoms with van der Waals surface area (Å²) >= 11 is 0. The van der Waals surface area contributed by atoms with Crippen molar-refractivity contribution >= 4 is 5.97 Å². The molecular formula is C20H24O4. The first kappa shape index (κ1) is 18.0. The van der Waals surface area contributed by atoms with Crippen LogP contribution < -0.4 is 4.74 Å². The molecule has 0 aromatic heterocycles. The van der Waals surface area contributed by atoms with Gasteiger partial charge in [0.15, 0.2) is 0 Å². The second kappa shape index (κ2) is 9.73. The average Bonchev–Trinajstić information content (AvgIpc) is 2.62. The largest absolute Gasteiger partial charge is 0.491 e. The zero-order valence-corrected chi connectivity index (χ0v) is 14.2. The third-order valence-electron chi connectivity index (χ3n) is 3.72. The monoisotopic (exact) mass is 328 g/mol. The zero-order valence-electron chi connectivity index (χ0n) is 14.2. The van der Waals surface area contributed by atoms with E-state index in [2.05, 4.69) is 0 Å². The van der Waals surface area contributed by atoms with Crippen molar-refractivity contribution in [3.8, 4) is 5.75 Å². The molecule has 1 unspecified atom stereocenters. The van der Waals surface area contributed by atoms with Gasteiger partial charge in [-0.05, 0) is 30.2 Å². The van der Waals surface area contributed by atoms with Crippen molar-refractivity contribution in [1.82, 2.24) is 0 Å². The highest BCUT2D eigenvalue weighted by Gasteiger charge is 2.19. The molecule has 2 aromatic carbocycles. The van der Waals surface area contributed by atoms with Crippen LogP contribution in [0.15, 0.2) is 54.6 Å². The highest BCUT2D eigenvalue weighted by Crippen LogP contribution is 2.29. The molecule has 2 aromatic rings. The van der Waals surface area contributed by atoms with E-state index in [1.54, 1.807) is 7.11 Å². The second-order valence-corrected chi connectivity index (χ2v) is 5.38. The van der Waals surface area contributed by atoms with Gasteiger partial charge in [0.2, 0.25) is 0 Å². The summed E-state index contributed by atoms with van der Waals surface area (Å²) < 4.78 is 15.7. The highest BCUT2D eigenvalue weighted by molar-refractivity contribution is 5.71. The summed E-state index contributed by atoms with van der Waals surface area (Å²) in [6, 6.07) is 17.8. The topological polar surface area (TPSA) is 44.8 Å². The van der Waals surface area contributed by atoms with Crippen molar-refractivity contribution < 1.29 is 19.0 Å². The molecule has 0 N–H and O–H groups in total. The molecule has 0 spiro atoms. The maximum Gasteiger partial charge on any atom is 0.306 e. The first-order valence-electron chi connectivity index (χ1n) is 8.16. The van der Waals surface area contributed by atoms with Gasteiger partial charge in [-0.2, -0.15) is 0 Å². The number of esters is 1. The van der Waals surface area contributed by atoms with Crippen molar-refractivity contribution in [2.45, 2.75) is 19.3 Å². The molecule has 24 heavy (non-hydrogen) atoms. The summed E-state index contributed by atoms with van der Waals surface area (Å²) in [5.74, 6) is 0.573. The fraction of sp³-hybridized carbons (Fsp3) is 0.350. The lowest BCUT2D eigenvalue weighted by molar-refractivity contribution is -0.143. The fourth-order valence-corrected chi connectivity index (χ4v) is 2.54. The van der Waals surface area contributed by atoms with E-state index in [1.165, 1.54) is 0 Å². The summed E-state index contributed by atoms with van der Waals surface area (Å²) in [5.41, 5.74) is 2.16. The van der Waals surface area contributed by atoms with Crippen LogP contribution in [0.1, 0.15) is 30.4 Å². The minimum Gasteiger partial charge on any atom is -0.491 e. The number of carbonyl (C=O) groups excluding carboxylic acids is 1. The van der Waals surface area contributed by atoms with Gasteiger partial charge in [-0.1, -0.05) is 42.5 Å². The highest BCUT2D eigenvalue weighted by atomic mass is 16.5. The third kappa shape index (κ3) is 5.39. The molecule has 4 nitrogen and oxygen atoms in total. The standard InChI is InChI=1S/C20H24O4/c1-3-23-20(21)15-19(16-7-5-4-6-8-16)17-9-11-18(12-10-17)24-14-13-22-2/h4-12,19H,3,13-15H2,1-2H3. The van der Waals surface area contributed by atoms with Crippen molar-refractivity contribution in [3.63, 3.8) is 0 Å². The molecule has 0 bridgehead atoms. The molecule has 2 rings (SSSR count). The molecule has 0 aliphatic carbocycles. The van der Waals surface area contributed by atoms with Gasteiger partial charge in [0.1, 0.15) is 12.4 Å². The summed E-state index contributed by atoms with van der Waals surface area (Å²) in [7, 11) is 1.65. The van der Waals surface area contributed by atoms with Gasteiger partial charge in [-0.3, -0.25) is 4.79 Å². The van der Waals surface area contributed by atoms with Crippen molar-refractivity contribution in [2.24, 2.45) is 0 Å². The van der Waals surface area contributed by atoms with Crippen LogP contribution in [-0.2, 0) is 14.3 Å². The Hall–Kier alpha value is -2.33. The first-order chi connectivity index (χ1) is 11.7. The number of carbonyl (C=O) groups is 1. The van der Waals surface area contributed by atoms with Gasteiger partial charge in [0.05, 0.1) is 19.6 Å². The fourth-order valence-electron chi connectivity index (χ4n) is 2.54. The summed E-state index contributed by atoms with van der Waals surface area (Å²) in [5, 5.41) is 0. The molecule has 0 amide bonds. The van der Waals surface area contributed by atoms with E-state index in [4.69, 9.17) is 14.2 Å². The number of hydrogen-bond donors (Lipinski definition) is 0. The Morgan fingerprint density at radius 2 is 1.62 bits per heavy atom. The van der Waals surface area contributed by atoms with Gasteiger partial charge >= 0.3 is 5.97 Å². The van der Waals surface area contributed by atoms with E-state index >= 15 is 0 Å². The Bertz CT molecular complexity index is 607. The maximum absolute atomic E-state index is 12.0. The Labute approximate surface area is 143 Å². The van der Waals surface area contributed by atoms with E-state index in [0.717, 1.165) is 16.9 Å². The summed E-state index contributed by atoms with van der Waals surface area (Å²) in [6.07, 6.45) is 0.321. The second-order valence-electron chi connectivity index (χ2n) is 5.38. The SMILES string of the molecule is CCOC(=O)CC(c1ccccc1)c1ccc(OCCOC)cc1. The lowest BCUT2D eigenvalue weighted by atomic mass is 9.88. The van der Waals surface area contributed by atoms with Gasteiger partial charge < -0.3 is 14.2 Å². The molecule has 0 saturated heterocycles. The van der Waals surface area contributed by atoms with Crippen LogP contribution in [0.25, 0.3) is 0 Å². The zero-order chi connectivity index (χ0) is 17.2. The lowest BCUT2D eigenvalue weighted by Gasteiger charge is -2.18. The lowest BCUT2D eigenvalue weighted by Crippen LogP contribution is -2.11. The molecule has 0 heterocycles. The van der Waals surface area contributed by atoms with Crippen molar-refractivity contribution in [1.29, 1.82) is 0 Å². The van der Waals surface area contributed by atoms with Crippen LogP contribution >= 0.6 is 0 Å². The van der Waals surface area contributed by atoms with Crippen LogP contribution in [-0.4, -0.2) is 32.9 Å². The van der Waals surface area contributed by atoms with Crippen LogP contribution in [0.5, 0.6) is 5.75 Å². The molecule has 0 aliphatic rings. The molecule has 0 aliphatic heterocycles. The quantitative estimate of drug-likeness (QED) is 0.519. The molecule has 0 saturated carbocycles. The molecule has 128 valence electrons. The van der Waals surface area contributed by atoms with Gasteiger partial charge in [0.25, 0.3) is 0 Å². The van der Waals surface area contributed by atoms with E-state index in [0.29, 0.717) is 26.2 Å². The number of ether oxygens (including phenoxy) is 3. The van der Waals surface area contributed by atoms with Gasteiger partial charge in [0, 0.05) is 13.0 Å². The van der Waals surface area contributed by atoms with Crippen LogP contribution in [0.3, 0.4) is 0 Å². The van der Waals surface area contributed by atoms with Crippen LogP contribution in [0, 0.1) is 0 Å². The number of benzene rings is 2. The third-order valence-corrected chi connectivity index (χ3v) is 3.72. The van der Waals surface area contributed by atoms with Crippen molar-refractivity contribution in [3.05, 3.63) is 65.7 Å².